The smallest absolute Gasteiger partial charge is 0.325 e. The highest BCUT2D eigenvalue weighted by Crippen LogP contribution is 2.32. The van der Waals surface area contributed by atoms with Gasteiger partial charge in [0.05, 0.1) is 11.3 Å². The van der Waals surface area contributed by atoms with Gasteiger partial charge in [-0.15, -0.1) is 0 Å². The molecule has 0 unspecified atom stereocenters. The van der Waals surface area contributed by atoms with Crippen molar-refractivity contribution in [2.45, 2.75) is 18.1 Å². The summed E-state index contributed by atoms with van der Waals surface area (Å²) in [6, 6.07) is 11.3. The van der Waals surface area contributed by atoms with Crippen molar-refractivity contribution in [2.24, 2.45) is 0 Å². The molecule has 0 radical (unpaired) electrons. The first kappa shape index (κ1) is 17.8. The zero-order valence-corrected chi connectivity index (χ0v) is 13.3. The Morgan fingerprint density at radius 1 is 1.33 bits per heavy atom. The molecule has 1 aromatic heterocycles. The van der Waals surface area contributed by atoms with Crippen molar-refractivity contribution in [1.29, 1.82) is 5.26 Å². The minimum atomic E-state index is -4.61. The van der Waals surface area contributed by atoms with E-state index < -0.39 is 17.8 Å². The number of benzene rings is 1. The first-order valence-corrected chi connectivity index (χ1v) is 7.76. The van der Waals surface area contributed by atoms with Gasteiger partial charge >= 0.3 is 6.18 Å². The molecular weight excluding hydrogens is 339 g/mol. The minimum absolute atomic E-state index is 0.0421. The summed E-state index contributed by atoms with van der Waals surface area (Å²) in [6.07, 6.45) is -4.61. The summed E-state index contributed by atoms with van der Waals surface area (Å²) < 4.78 is 38.5. The van der Waals surface area contributed by atoms with Gasteiger partial charge in [-0.3, -0.25) is 4.79 Å². The maximum atomic E-state index is 12.8. The first-order chi connectivity index (χ1) is 11.3. The van der Waals surface area contributed by atoms with Crippen LogP contribution in [0.1, 0.15) is 16.8 Å². The fourth-order valence-electron chi connectivity index (χ4n) is 1.88. The van der Waals surface area contributed by atoms with Gasteiger partial charge in [-0.2, -0.15) is 18.4 Å². The number of halogens is 3. The van der Waals surface area contributed by atoms with Crippen molar-refractivity contribution in [3.63, 3.8) is 0 Å². The molecule has 0 atom stereocenters. The van der Waals surface area contributed by atoms with Crippen LogP contribution in [0.4, 0.5) is 18.9 Å². The third kappa shape index (κ3) is 4.49. The van der Waals surface area contributed by atoms with Gasteiger partial charge in [0.1, 0.15) is 16.8 Å². The summed E-state index contributed by atoms with van der Waals surface area (Å²) >= 11 is 0.798. The molecule has 0 aliphatic rings. The number of amides is 1. The number of carbonyl (C=O) groups excluding carboxylic acids is 1. The van der Waals surface area contributed by atoms with Gasteiger partial charge in [0.15, 0.2) is 0 Å². The van der Waals surface area contributed by atoms with E-state index in [4.69, 9.17) is 5.26 Å². The Kier molecular flexibility index (Phi) is 5.46. The second-order valence-corrected chi connectivity index (χ2v) is 5.78. The fourth-order valence-corrected chi connectivity index (χ4v) is 2.74. The van der Waals surface area contributed by atoms with Crippen LogP contribution >= 0.6 is 11.8 Å². The summed E-state index contributed by atoms with van der Waals surface area (Å²) in [5, 5.41) is 11.6. The van der Waals surface area contributed by atoms with Crippen molar-refractivity contribution < 1.29 is 18.0 Å². The van der Waals surface area contributed by atoms with E-state index in [2.05, 4.69) is 10.3 Å². The highest BCUT2D eigenvalue weighted by atomic mass is 32.2. The summed E-state index contributed by atoms with van der Waals surface area (Å²) in [4.78, 5) is 15.4. The lowest BCUT2D eigenvalue weighted by Crippen LogP contribution is -2.15. The molecule has 1 N–H and O–H groups in total. The molecule has 0 fully saturated rings. The topological polar surface area (TPSA) is 65.8 Å². The van der Waals surface area contributed by atoms with E-state index in [9.17, 15) is 18.0 Å². The van der Waals surface area contributed by atoms with Gasteiger partial charge in [-0.1, -0.05) is 30.0 Å². The van der Waals surface area contributed by atoms with E-state index >= 15 is 0 Å². The molecule has 2 rings (SSSR count). The number of hydrogen-bond donors (Lipinski definition) is 1. The minimum Gasteiger partial charge on any atom is -0.325 e. The van der Waals surface area contributed by atoms with E-state index in [0.29, 0.717) is 5.69 Å². The number of alkyl halides is 3. The molecular formula is C16H12F3N3OS. The Morgan fingerprint density at radius 3 is 2.58 bits per heavy atom. The van der Waals surface area contributed by atoms with Crippen LogP contribution in [-0.2, 0) is 11.0 Å². The number of nitriles is 1. The summed E-state index contributed by atoms with van der Waals surface area (Å²) in [6.45, 7) is 1.41. The number of aromatic nitrogens is 1. The molecule has 0 aliphatic heterocycles. The standard InChI is InChI=1S/C16H12F3N3OS/c1-10-7-13(16(17,18)19)22-15(12(10)8-20)24-9-14(23)21-11-5-3-2-4-6-11/h2-7H,9H2,1H3,(H,21,23). The third-order valence-electron chi connectivity index (χ3n) is 2.98. The van der Waals surface area contributed by atoms with E-state index in [-0.39, 0.29) is 21.9 Å². The number of anilines is 1. The normalized spacial score (nSPS) is 11.0. The van der Waals surface area contributed by atoms with E-state index in [1.807, 2.05) is 6.07 Å². The van der Waals surface area contributed by atoms with Crippen LogP contribution < -0.4 is 5.32 Å². The number of thioether (sulfide) groups is 1. The van der Waals surface area contributed by atoms with Crippen molar-refractivity contribution in [3.05, 3.63) is 53.2 Å². The second-order valence-electron chi connectivity index (χ2n) is 4.82. The quantitative estimate of drug-likeness (QED) is 0.845. The van der Waals surface area contributed by atoms with Crippen LogP contribution in [0.25, 0.3) is 0 Å². The van der Waals surface area contributed by atoms with Crippen molar-refractivity contribution >= 4 is 23.4 Å². The van der Waals surface area contributed by atoms with Crippen LogP contribution in [0.2, 0.25) is 0 Å². The van der Waals surface area contributed by atoms with Gasteiger partial charge in [0.25, 0.3) is 0 Å². The molecule has 0 spiro atoms. The largest absolute Gasteiger partial charge is 0.433 e. The maximum absolute atomic E-state index is 12.8. The number of aryl methyl sites for hydroxylation is 1. The fraction of sp³-hybridized carbons (Fsp3) is 0.188. The molecule has 0 saturated heterocycles. The van der Waals surface area contributed by atoms with Gasteiger partial charge in [-0.25, -0.2) is 4.98 Å². The van der Waals surface area contributed by atoms with Gasteiger partial charge in [0, 0.05) is 5.69 Å². The zero-order valence-electron chi connectivity index (χ0n) is 12.5. The van der Waals surface area contributed by atoms with E-state index in [0.717, 1.165) is 17.8 Å². The third-order valence-corrected chi connectivity index (χ3v) is 3.96. The van der Waals surface area contributed by atoms with Crippen LogP contribution in [0.3, 0.4) is 0 Å². The predicted octanol–water partition coefficient (Wildman–Crippen LogP) is 4.01. The molecule has 0 saturated carbocycles. The van der Waals surface area contributed by atoms with Crippen LogP contribution in [0.5, 0.6) is 0 Å². The van der Waals surface area contributed by atoms with Crippen molar-refractivity contribution in [3.8, 4) is 6.07 Å². The van der Waals surface area contributed by atoms with Gasteiger partial charge < -0.3 is 5.32 Å². The number of carbonyl (C=O) groups is 1. The number of nitrogens with one attached hydrogen (secondary N) is 1. The number of rotatable bonds is 4. The summed E-state index contributed by atoms with van der Waals surface area (Å²) in [5.74, 6) is -0.552. The first-order valence-electron chi connectivity index (χ1n) is 6.78. The molecule has 1 aromatic carbocycles. The van der Waals surface area contributed by atoms with Gasteiger partial charge in [-0.05, 0) is 30.7 Å². The lowest BCUT2D eigenvalue weighted by molar-refractivity contribution is -0.141. The Hall–Kier alpha value is -2.53. The molecule has 1 amide bonds. The van der Waals surface area contributed by atoms with E-state index in [1.54, 1.807) is 30.3 Å². The average Bonchev–Trinajstić information content (AvgIpc) is 2.52. The Labute approximate surface area is 140 Å². The lowest BCUT2D eigenvalue weighted by atomic mass is 10.1. The van der Waals surface area contributed by atoms with Crippen molar-refractivity contribution in [1.82, 2.24) is 4.98 Å². The molecule has 4 nitrogen and oxygen atoms in total. The second kappa shape index (κ2) is 7.36. The zero-order chi connectivity index (χ0) is 17.7. The molecule has 0 aliphatic carbocycles. The molecule has 24 heavy (non-hydrogen) atoms. The molecule has 124 valence electrons. The number of hydrogen-bond acceptors (Lipinski definition) is 4. The number of pyridine rings is 1. The number of para-hydroxylation sites is 1. The Morgan fingerprint density at radius 2 is 2.00 bits per heavy atom. The predicted molar refractivity (Wildman–Crippen MR) is 84.5 cm³/mol. The summed E-state index contributed by atoms with van der Waals surface area (Å²) in [7, 11) is 0. The lowest BCUT2D eigenvalue weighted by Gasteiger charge is -2.11. The molecule has 1 heterocycles. The Balaban J connectivity index is 2.15. The highest BCUT2D eigenvalue weighted by Gasteiger charge is 2.34. The SMILES string of the molecule is Cc1cc(C(F)(F)F)nc(SCC(=O)Nc2ccccc2)c1C#N. The van der Waals surface area contributed by atoms with Gasteiger partial charge in [0.2, 0.25) is 5.91 Å². The van der Waals surface area contributed by atoms with Crippen LogP contribution in [0.15, 0.2) is 41.4 Å². The monoisotopic (exact) mass is 351 g/mol. The molecule has 2 aromatic rings. The van der Waals surface area contributed by atoms with Crippen LogP contribution in [-0.4, -0.2) is 16.6 Å². The van der Waals surface area contributed by atoms with Crippen LogP contribution in [0, 0.1) is 18.3 Å². The highest BCUT2D eigenvalue weighted by molar-refractivity contribution is 8.00. The Bertz CT molecular complexity index is 786. The molecule has 8 heteroatoms. The number of nitrogens with zero attached hydrogens (tertiary/aromatic N) is 2. The summed E-state index contributed by atoms with van der Waals surface area (Å²) in [5.41, 5.74) is -0.284. The molecule has 0 bridgehead atoms. The average molecular weight is 351 g/mol. The van der Waals surface area contributed by atoms with E-state index in [1.165, 1.54) is 6.92 Å². The van der Waals surface area contributed by atoms with Crippen molar-refractivity contribution in [2.75, 3.05) is 11.1 Å². The maximum Gasteiger partial charge on any atom is 0.433 e.